The molecular formula is C13H25N5O. The minimum Gasteiger partial charge on any atom is -0.356 e. The van der Waals surface area contributed by atoms with E-state index < -0.39 is 0 Å². The summed E-state index contributed by atoms with van der Waals surface area (Å²) < 4.78 is 1.75. The highest BCUT2D eigenvalue weighted by Gasteiger charge is 2.23. The third-order valence-corrected chi connectivity index (χ3v) is 2.85. The molecule has 6 heteroatoms. The van der Waals surface area contributed by atoms with Crippen molar-refractivity contribution in [3.8, 4) is 0 Å². The third kappa shape index (κ3) is 6.33. The molecule has 0 saturated heterocycles. The van der Waals surface area contributed by atoms with E-state index in [1.807, 2.05) is 6.20 Å². The van der Waals surface area contributed by atoms with Crippen molar-refractivity contribution in [2.75, 3.05) is 13.1 Å². The molecule has 0 saturated carbocycles. The molecule has 1 aromatic heterocycles. The summed E-state index contributed by atoms with van der Waals surface area (Å²) in [5.74, 6) is -0.0533. The lowest BCUT2D eigenvalue weighted by Crippen LogP contribution is -2.37. The minimum absolute atomic E-state index is 0.0519. The number of nitrogens with one attached hydrogen (secondary N) is 1. The van der Waals surface area contributed by atoms with Gasteiger partial charge in [0.25, 0.3) is 0 Å². The van der Waals surface area contributed by atoms with Gasteiger partial charge in [-0.05, 0) is 18.3 Å². The Kier molecular flexibility index (Phi) is 5.95. The minimum atomic E-state index is -0.105. The number of hydrogen-bond acceptors (Lipinski definition) is 4. The van der Waals surface area contributed by atoms with Crippen molar-refractivity contribution >= 4 is 5.91 Å². The maximum atomic E-state index is 12.0. The summed E-state index contributed by atoms with van der Waals surface area (Å²) >= 11 is 0. The molecule has 0 aromatic carbocycles. The first-order chi connectivity index (χ1) is 8.92. The summed E-state index contributed by atoms with van der Waals surface area (Å²) in [7, 11) is 0. The Balaban J connectivity index is 2.25. The molecule has 1 rings (SSSR count). The maximum Gasteiger partial charge on any atom is 0.224 e. The van der Waals surface area contributed by atoms with E-state index >= 15 is 0 Å². The van der Waals surface area contributed by atoms with E-state index in [0.29, 0.717) is 13.1 Å². The Morgan fingerprint density at radius 1 is 1.47 bits per heavy atom. The summed E-state index contributed by atoms with van der Waals surface area (Å²) in [6, 6.07) is 0. The molecule has 1 heterocycles. The molecule has 0 fully saturated rings. The molecule has 1 unspecified atom stereocenters. The second kappa shape index (κ2) is 7.23. The van der Waals surface area contributed by atoms with Crippen molar-refractivity contribution in [1.29, 1.82) is 0 Å². The topological polar surface area (TPSA) is 85.8 Å². The number of aryl methyl sites for hydroxylation is 1. The van der Waals surface area contributed by atoms with Gasteiger partial charge in [0.2, 0.25) is 5.91 Å². The molecule has 0 radical (unpaired) electrons. The highest BCUT2D eigenvalue weighted by molar-refractivity contribution is 5.78. The zero-order valence-corrected chi connectivity index (χ0v) is 12.1. The molecule has 108 valence electrons. The van der Waals surface area contributed by atoms with Crippen molar-refractivity contribution in [2.45, 2.75) is 40.2 Å². The van der Waals surface area contributed by atoms with Gasteiger partial charge in [-0.2, -0.15) is 0 Å². The zero-order chi connectivity index (χ0) is 14.3. The maximum absolute atomic E-state index is 12.0. The molecule has 6 nitrogen and oxygen atoms in total. The number of amides is 1. The van der Waals surface area contributed by atoms with Crippen molar-refractivity contribution < 1.29 is 4.79 Å². The average molecular weight is 267 g/mol. The predicted octanol–water partition coefficient (Wildman–Crippen LogP) is 0.796. The van der Waals surface area contributed by atoms with Crippen LogP contribution in [0.4, 0.5) is 0 Å². The fraction of sp³-hybridized carbons (Fsp3) is 0.769. The Hall–Kier alpha value is -1.43. The largest absolute Gasteiger partial charge is 0.356 e. The molecule has 0 aliphatic carbocycles. The van der Waals surface area contributed by atoms with Gasteiger partial charge in [0.15, 0.2) is 0 Å². The Labute approximate surface area is 114 Å². The van der Waals surface area contributed by atoms with Crippen LogP contribution in [0, 0.1) is 11.3 Å². The smallest absolute Gasteiger partial charge is 0.224 e. The van der Waals surface area contributed by atoms with Crippen LogP contribution in [-0.4, -0.2) is 34.0 Å². The van der Waals surface area contributed by atoms with Crippen LogP contribution in [-0.2, 0) is 11.3 Å². The molecule has 1 amide bonds. The monoisotopic (exact) mass is 267 g/mol. The molecule has 1 atom stereocenters. The van der Waals surface area contributed by atoms with Gasteiger partial charge in [0.05, 0.1) is 12.1 Å². The van der Waals surface area contributed by atoms with Gasteiger partial charge < -0.3 is 11.1 Å². The average Bonchev–Trinajstić information content (AvgIpc) is 2.83. The van der Waals surface area contributed by atoms with E-state index in [1.165, 1.54) is 0 Å². The second-order valence-electron chi connectivity index (χ2n) is 6.01. The van der Waals surface area contributed by atoms with Crippen LogP contribution in [0.3, 0.4) is 0 Å². The molecule has 3 N–H and O–H groups in total. The fourth-order valence-electron chi connectivity index (χ4n) is 1.97. The Morgan fingerprint density at radius 2 is 2.21 bits per heavy atom. The number of carbonyl (C=O) groups excluding carboxylic acids is 1. The molecule has 0 aliphatic rings. The first-order valence-corrected chi connectivity index (χ1v) is 6.74. The number of rotatable bonds is 7. The lowest BCUT2D eigenvalue weighted by molar-refractivity contribution is -0.125. The number of nitrogens with two attached hydrogens (primary N) is 1. The van der Waals surface area contributed by atoms with E-state index in [0.717, 1.165) is 19.4 Å². The van der Waals surface area contributed by atoms with E-state index in [-0.39, 0.29) is 17.2 Å². The third-order valence-electron chi connectivity index (χ3n) is 2.85. The van der Waals surface area contributed by atoms with Crippen molar-refractivity contribution in [3.05, 3.63) is 12.4 Å². The summed E-state index contributed by atoms with van der Waals surface area (Å²) in [5, 5.41) is 10.5. The fourth-order valence-corrected chi connectivity index (χ4v) is 1.97. The van der Waals surface area contributed by atoms with Crippen LogP contribution in [0.5, 0.6) is 0 Å². The second-order valence-corrected chi connectivity index (χ2v) is 6.01. The van der Waals surface area contributed by atoms with Gasteiger partial charge in [-0.3, -0.25) is 9.48 Å². The van der Waals surface area contributed by atoms with Crippen molar-refractivity contribution in [2.24, 2.45) is 17.1 Å². The van der Waals surface area contributed by atoms with Gasteiger partial charge >= 0.3 is 0 Å². The molecular weight excluding hydrogens is 242 g/mol. The van der Waals surface area contributed by atoms with Crippen LogP contribution >= 0.6 is 0 Å². The summed E-state index contributed by atoms with van der Waals surface area (Å²) in [5.41, 5.74) is 5.79. The Bertz CT molecular complexity index is 369. The SMILES string of the molecule is CC(C)(C)CC(CN)C(=O)NCCCn1ccnn1. The highest BCUT2D eigenvalue weighted by Crippen LogP contribution is 2.23. The van der Waals surface area contributed by atoms with E-state index in [4.69, 9.17) is 5.73 Å². The van der Waals surface area contributed by atoms with Crippen LogP contribution in [0.25, 0.3) is 0 Å². The Morgan fingerprint density at radius 3 is 2.74 bits per heavy atom. The van der Waals surface area contributed by atoms with Gasteiger partial charge in [0, 0.05) is 25.8 Å². The normalized spacial score (nSPS) is 13.3. The number of hydrogen-bond donors (Lipinski definition) is 2. The van der Waals surface area contributed by atoms with E-state index in [2.05, 4.69) is 36.4 Å². The number of carbonyl (C=O) groups is 1. The summed E-state index contributed by atoms with van der Waals surface area (Å²) in [4.78, 5) is 12.0. The number of aromatic nitrogens is 3. The van der Waals surface area contributed by atoms with Crippen LogP contribution < -0.4 is 11.1 Å². The van der Waals surface area contributed by atoms with Crippen LogP contribution in [0.15, 0.2) is 12.4 Å². The number of nitrogens with zero attached hydrogens (tertiary/aromatic N) is 3. The lowest BCUT2D eigenvalue weighted by atomic mass is 9.84. The lowest BCUT2D eigenvalue weighted by Gasteiger charge is -2.24. The summed E-state index contributed by atoms with van der Waals surface area (Å²) in [6.45, 7) is 8.15. The first-order valence-electron chi connectivity index (χ1n) is 6.74. The highest BCUT2D eigenvalue weighted by atomic mass is 16.1. The molecule has 0 aliphatic heterocycles. The zero-order valence-electron chi connectivity index (χ0n) is 12.1. The molecule has 1 aromatic rings. The quantitative estimate of drug-likeness (QED) is 0.715. The van der Waals surface area contributed by atoms with Gasteiger partial charge in [0.1, 0.15) is 0 Å². The summed E-state index contributed by atoms with van der Waals surface area (Å²) in [6.07, 6.45) is 5.09. The van der Waals surface area contributed by atoms with Crippen LogP contribution in [0.1, 0.15) is 33.6 Å². The van der Waals surface area contributed by atoms with Crippen molar-refractivity contribution in [3.63, 3.8) is 0 Å². The predicted molar refractivity (Wildman–Crippen MR) is 74.3 cm³/mol. The standard InChI is InChI=1S/C13H25N5O/c1-13(2,3)9-11(10-14)12(19)15-5-4-7-18-8-6-16-17-18/h6,8,11H,4-5,7,9-10,14H2,1-3H3,(H,15,19). The molecule has 0 bridgehead atoms. The van der Waals surface area contributed by atoms with Gasteiger partial charge in [-0.15, -0.1) is 5.10 Å². The van der Waals surface area contributed by atoms with Crippen molar-refractivity contribution in [1.82, 2.24) is 20.3 Å². The van der Waals surface area contributed by atoms with Gasteiger partial charge in [-0.25, -0.2) is 0 Å². The van der Waals surface area contributed by atoms with E-state index in [1.54, 1.807) is 10.9 Å². The molecule has 0 spiro atoms. The van der Waals surface area contributed by atoms with Gasteiger partial charge in [-0.1, -0.05) is 26.0 Å². The first kappa shape index (κ1) is 15.6. The molecule has 19 heavy (non-hydrogen) atoms. The van der Waals surface area contributed by atoms with E-state index in [9.17, 15) is 4.79 Å². The van der Waals surface area contributed by atoms with Crippen LogP contribution in [0.2, 0.25) is 0 Å².